The van der Waals surface area contributed by atoms with Gasteiger partial charge in [0.25, 0.3) is 5.24 Å². The van der Waals surface area contributed by atoms with Gasteiger partial charge in [0.15, 0.2) is 0 Å². The third-order valence-electron chi connectivity index (χ3n) is 5.09. The minimum Gasteiger partial charge on any atom is -0.393 e. The first-order chi connectivity index (χ1) is 12.4. The number of aliphatic hydroxyl groups excluding tert-OH is 2. The number of carbonyl (C=O) groups is 1. The summed E-state index contributed by atoms with van der Waals surface area (Å²) < 4.78 is 5.98. The molecule has 0 saturated carbocycles. The number of hydrogen-bond donors (Lipinski definition) is 3. The first-order valence-electron chi connectivity index (χ1n) is 9.67. The van der Waals surface area contributed by atoms with Crippen LogP contribution in [0.15, 0.2) is 23.8 Å². The Balaban J connectivity index is 1.95. The molecule has 2 aliphatic heterocycles. The second-order valence-corrected chi connectivity index (χ2v) is 8.56. The molecule has 5 nitrogen and oxygen atoms in total. The molecular weight excluding hydrogens is 350 g/mol. The second kappa shape index (κ2) is 11.1. The number of ether oxygens (including phenoxy) is 1. The number of amides is 1. The summed E-state index contributed by atoms with van der Waals surface area (Å²) in [7, 11) is 0. The predicted molar refractivity (Wildman–Crippen MR) is 106 cm³/mol. The summed E-state index contributed by atoms with van der Waals surface area (Å²) in [4.78, 5) is 11.3. The summed E-state index contributed by atoms with van der Waals surface area (Å²) in [6.45, 7) is 4.77. The fourth-order valence-electron chi connectivity index (χ4n) is 3.31. The van der Waals surface area contributed by atoms with Crippen molar-refractivity contribution in [3.05, 3.63) is 23.8 Å². The third kappa shape index (κ3) is 7.82. The molecule has 6 heteroatoms. The third-order valence-corrected chi connectivity index (χ3v) is 6.00. The summed E-state index contributed by atoms with van der Waals surface area (Å²) in [5, 5.41) is 23.6. The summed E-state index contributed by atoms with van der Waals surface area (Å²) in [6, 6.07) is -0.233. The monoisotopic (exact) mass is 383 g/mol. The van der Waals surface area contributed by atoms with E-state index in [2.05, 4.69) is 37.4 Å². The lowest BCUT2D eigenvalue weighted by Gasteiger charge is -2.26. The van der Waals surface area contributed by atoms with E-state index in [1.165, 1.54) is 17.3 Å². The van der Waals surface area contributed by atoms with Gasteiger partial charge in [-0.1, -0.05) is 42.5 Å². The van der Waals surface area contributed by atoms with Crippen LogP contribution in [0.3, 0.4) is 0 Å². The maximum atomic E-state index is 11.3. The maximum absolute atomic E-state index is 11.3. The number of carbonyl (C=O) groups excluding carboxylic acids is 1. The molecule has 1 fully saturated rings. The van der Waals surface area contributed by atoms with Gasteiger partial charge in [-0.2, -0.15) is 0 Å². The van der Waals surface area contributed by atoms with Crippen molar-refractivity contribution < 1.29 is 19.7 Å². The predicted octanol–water partition coefficient (Wildman–Crippen LogP) is 3.41. The quantitative estimate of drug-likeness (QED) is 0.651. The van der Waals surface area contributed by atoms with Gasteiger partial charge in [0.05, 0.1) is 31.0 Å². The number of nitrogens with one attached hydrogen (secondary N) is 1. The summed E-state index contributed by atoms with van der Waals surface area (Å²) >= 11 is 1.20. The van der Waals surface area contributed by atoms with Crippen molar-refractivity contribution in [2.24, 2.45) is 5.92 Å². The van der Waals surface area contributed by atoms with Crippen molar-refractivity contribution in [3.63, 3.8) is 0 Å². The fourth-order valence-corrected chi connectivity index (χ4v) is 4.19. The van der Waals surface area contributed by atoms with Gasteiger partial charge in [-0.05, 0) is 44.9 Å². The van der Waals surface area contributed by atoms with Gasteiger partial charge in [-0.15, -0.1) is 0 Å². The Morgan fingerprint density at radius 2 is 2.23 bits per heavy atom. The van der Waals surface area contributed by atoms with Crippen LogP contribution in [0.1, 0.15) is 52.4 Å². The van der Waals surface area contributed by atoms with Gasteiger partial charge in [0.1, 0.15) is 0 Å². The zero-order chi connectivity index (χ0) is 18.9. The molecule has 0 bridgehead atoms. The van der Waals surface area contributed by atoms with Crippen molar-refractivity contribution in [2.45, 2.75) is 76.7 Å². The van der Waals surface area contributed by atoms with E-state index in [1.54, 1.807) is 0 Å². The highest BCUT2D eigenvalue weighted by atomic mass is 32.2. The van der Waals surface area contributed by atoms with E-state index in [-0.39, 0.29) is 17.4 Å². The van der Waals surface area contributed by atoms with Crippen molar-refractivity contribution in [2.75, 3.05) is 12.4 Å². The van der Waals surface area contributed by atoms with Crippen molar-refractivity contribution >= 4 is 17.0 Å². The van der Waals surface area contributed by atoms with Crippen LogP contribution in [0, 0.1) is 5.92 Å². The Hall–Kier alpha value is -0.820. The normalized spacial score (nSPS) is 36.5. The van der Waals surface area contributed by atoms with Crippen LogP contribution in [-0.4, -0.2) is 52.2 Å². The molecule has 2 heterocycles. The van der Waals surface area contributed by atoms with E-state index in [9.17, 15) is 15.0 Å². The molecule has 3 N–H and O–H groups in total. The highest BCUT2D eigenvalue weighted by Crippen LogP contribution is 2.22. The first kappa shape index (κ1) is 21.5. The Morgan fingerprint density at radius 1 is 1.42 bits per heavy atom. The number of thioether (sulfide) groups is 1. The van der Waals surface area contributed by atoms with E-state index in [1.807, 2.05) is 0 Å². The Bertz CT molecular complexity index is 508. The molecule has 2 rings (SSSR count). The Kier molecular flexibility index (Phi) is 9.19. The minimum atomic E-state index is -0.656. The van der Waals surface area contributed by atoms with Crippen LogP contribution >= 0.6 is 11.8 Å². The van der Waals surface area contributed by atoms with Crippen LogP contribution < -0.4 is 5.32 Å². The van der Waals surface area contributed by atoms with E-state index >= 15 is 0 Å². The van der Waals surface area contributed by atoms with E-state index in [4.69, 9.17) is 4.74 Å². The first-order valence-corrected chi connectivity index (χ1v) is 10.7. The number of allylic oxidation sites excluding steroid dienone is 3. The lowest BCUT2D eigenvalue weighted by atomic mass is 9.96. The van der Waals surface area contributed by atoms with E-state index in [0.717, 1.165) is 25.7 Å². The highest BCUT2D eigenvalue weighted by molar-refractivity contribution is 8.13. The second-order valence-electron chi connectivity index (χ2n) is 7.57. The molecule has 0 aromatic rings. The zero-order valence-electron chi connectivity index (χ0n) is 15.9. The van der Waals surface area contributed by atoms with Crippen LogP contribution in [0.2, 0.25) is 0 Å². The molecule has 2 aliphatic rings. The summed E-state index contributed by atoms with van der Waals surface area (Å²) in [6.07, 6.45) is 9.88. The van der Waals surface area contributed by atoms with Crippen LogP contribution in [-0.2, 0) is 4.74 Å². The van der Waals surface area contributed by atoms with Crippen molar-refractivity contribution in [1.29, 1.82) is 0 Å². The average molecular weight is 384 g/mol. The van der Waals surface area contributed by atoms with Gasteiger partial charge >= 0.3 is 0 Å². The molecular formula is C20H33NO4S. The van der Waals surface area contributed by atoms with Gasteiger partial charge in [-0.3, -0.25) is 4.79 Å². The van der Waals surface area contributed by atoms with Gasteiger partial charge in [0, 0.05) is 12.2 Å². The molecule has 1 saturated heterocycles. The molecule has 0 aromatic carbocycles. The highest BCUT2D eigenvalue weighted by Gasteiger charge is 2.30. The molecule has 0 spiro atoms. The van der Waals surface area contributed by atoms with Crippen molar-refractivity contribution in [1.82, 2.24) is 5.32 Å². The standard InChI is InChI=1S/C20H33NO4S/c1-14-5-3-4-6-15(2)9-10-25-17(11-16(22)8-7-14)12-19(23)18-13-26-20(24)21-18/h3,5,9,14,16-19,22-23H,4,6-8,10-13H2,1-2H3,(H,21,24)/b5-3-,15-9-/t14-,16-,17+,18+,19+/m1/s1. The Morgan fingerprint density at radius 3 is 2.96 bits per heavy atom. The smallest absolute Gasteiger partial charge is 0.279 e. The minimum absolute atomic E-state index is 0.0818. The molecule has 148 valence electrons. The maximum Gasteiger partial charge on any atom is 0.279 e. The number of aliphatic hydroxyl groups is 2. The Labute approximate surface area is 161 Å². The van der Waals surface area contributed by atoms with Crippen molar-refractivity contribution in [3.8, 4) is 0 Å². The fraction of sp³-hybridized carbons (Fsp3) is 0.750. The summed E-state index contributed by atoms with van der Waals surface area (Å²) in [5.41, 5.74) is 1.29. The SMILES string of the molecule is C/C1=C/CO[C@H](C[C@H](O)[C@@H]2CSC(=O)N2)C[C@H](O)CC[C@H](C)/C=C\CC1. The summed E-state index contributed by atoms with van der Waals surface area (Å²) in [5.74, 6) is 1.03. The van der Waals surface area contributed by atoms with Crippen LogP contribution in [0.4, 0.5) is 4.79 Å². The molecule has 0 unspecified atom stereocenters. The lowest BCUT2D eigenvalue weighted by molar-refractivity contribution is -0.0110. The van der Waals surface area contributed by atoms with E-state index in [0.29, 0.717) is 31.1 Å². The number of rotatable bonds is 3. The van der Waals surface area contributed by atoms with Crippen LogP contribution in [0.25, 0.3) is 0 Å². The average Bonchev–Trinajstić information content (AvgIpc) is 3.02. The molecule has 0 aromatic heterocycles. The van der Waals surface area contributed by atoms with Gasteiger partial charge in [-0.25, -0.2) is 0 Å². The molecule has 5 atom stereocenters. The van der Waals surface area contributed by atoms with Gasteiger partial charge < -0.3 is 20.3 Å². The zero-order valence-corrected chi connectivity index (χ0v) is 16.7. The topological polar surface area (TPSA) is 78.8 Å². The molecule has 0 aliphatic carbocycles. The number of hydrogen-bond acceptors (Lipinski definition) is 5. The van der Waals surface area contributed by atoms with E-state index < -0.39 is 12.2 Å². The molecule has 0 radical (unpaired) electrons. The largest absolute Gasteiger partial charge is 0.393 e. The molecule has 26 heavy (non-hydrogen) atoms. The lowest BCUT2D eigenvalue weighted by Crippen LogP contribution is -2.41. The molecule has 1 amide bonds. The van der Waals surface area contributed by atoms with Crippen LogP contribution in [0.5, 0.6) is 0 Å². The van der Waals surface area contributed by atoms with Gasteiger partial charge in [0.2, 0.25) is 0 Å².